The zero-order chi connectivity index (χ0) is 12.4. The van der Waals surface area contributed by atoms with Gasteiger partial charge in [-0.2, -0.15) is 5.10 Å². The number of aryl methyl sites for hydroxylation is 1. The molecule has 0 amide bonds. The summed E-state index contributed by atoms with van der Waals surface area (Å²) in [6, 6.07) is 0.816. The maximum absolute atomic E-state index is 4.47. The van der Waals surface area contributed by atoms with Gasteiger partial charge in [-0.05, 0) is 37.5 Å². The maximum atomic E-state index is 4.47. The lowest BCUT2D eigenvalue weighted by atomic mass is 9.66. The van der Waals surface area contributed by atoms with Gasteiger partial charge in [0.15, 0.2) is 0 Å². The van der Waals surface area contributed by atoms with Gasteiger partial charge < -0.3 is 5.32 Å². The Morgan fingerprint density at radius 3 is 2.89 bits per heavy atom. The minimum absolute atomic E-state index is 0.473. The Hall–Kier alpha value is -0.900. The Bertz CT molecular complexity index is 390. The summed E-state index contributed by atoms with van der Waals surface area (Å²) in [5, 5.41) is 8.05. The second-order valence-corrected chi connectivity index (χ2v) is 6.08. The van der Waals surface area contributed by atoms with E-state index in [0.717, 1.165) is 25.4 Å². The molecule has 1 N–H and O–H groups in total. The second-order valence-electron chi connectivity index (χ2n) is 6.08. The number of hydrogen-bond acceptors (Lipinski definition) is 3. The molecule has 4 nitrogen and oxygen atoms in total. The Balaban J connectivity index is 1.62. The zero-order valence-electron chi connectivity index (χ0n) is 11.4. The van der Waals surface area contributed by atoms with Crippen LogP contribution < -0.4 is 5.32 Å². The molecular weight excluding hydrogens is 224 g/mol. The van der Waals surface area contributed by atoms with Crippen molar-refractivity contribution in [3.05, 3.63) is 12.2 Å². The largest absolute Gasteiger partial charge is 0.313 e. The fourth-order valence-electron chi connectivity index (χ4n) is 2.90. The molecule has 0 aromatic carbocycles. The quantitative estimate of drug-likeness (QED) is 0.804. The van der Waals surface area contributed by atoms with E-state index in [1.807, 2.05) is 0 Å². The minimum Gasteiger partial charge on any atom is -0.313 e. The number of nitrogens with one attached hydrogen (secondary N) is 1. The Morgan fingerprint density at radius 2 is 2.28 bits per heavy atom. The van der Waals surface area contributed by atoms with Crippen molar-refractivity contribution in [3.63, 3.8) is 0 Å². The van der Waals surface area contributed by atoms with E-state index >= 15 is 0 Å². The van der Waals surface area contributed by atoms with Crippen LogP contribution in [0.4, 0.5) is 0 Å². The highest BCUT2D eigenvalue weighted by atomic mass is 15.3. The van der Waals surface area contributed by atoms with E-state index < -0.39 is 0 Å². The van der Waals surface area contributed by atoms with Crippen LogP contribution in [0.5, 0.6) is 0 Å². The van der Waals surface area contributed by atoms with Crippen molar-refractivity contribution in [2.45, 2.75) is 64.5 Å². The highest BCUT2D eigenvalue weighted by Crippen LogP contribution is 2.43. The van der Waals surface area contributed by atoms with Gasteiger partial charge in [-0.15, -0.1) is 0 Å². The molecule has 1 heterocycles. The van der Waals surface area contributed by atoms with Gasteiger partial charge >= 0.3 is 0 Å². The number of aromatic nitrogens is 3. The molecule has 2 saturated carbocycles. The molecule has 0 bridgehead atoms. The molecule has 2 aliphatic rings. The summed E-state index contributed by atoms with van der Waals surface area (Å²) in [5.41, 5.74) is 0.473. The Labute approximate surface area is 109 Å². The Kier molecular flexibility index (Phi) is 3.37. The fraction of sp³-hybridized carbons (Fsp3) is 0.857. The van der Waals surface area contributed by atoms with Gasteiger partial charge in [0.2, 0.25) is 0 Å². The fourth-order valence-corrected chi connectivity index (χ4v) is 2.90. The van der Waals surface area contributed by atoms with Crippen molar-refractivity contribution in [3.8, 4) is 0 Å². The van der Waals surface area contributed by atoms with Gasteiger partial charge in [0.25, 0.3) is 0 Å². The highest BCUT2D eigenvalue weighted by Gasteiger charge is 2.39. The first-order chi connectivity index (χ1) is 8.81. The molecular formula is C14H24N4. The molecule has 4 heteroatoms. The van der Waals surface area contributed by atoms with Gasteiger partial charge in [-0.25, -0.2) is 4.98 Å². The van der Waals surface area contributed by atoms with Gasteiger partial charge in [-0.3, -0.25) is 4.68 Å². The van der Waals surface area contributed by atoms with E-state index in [0.29, 0.717) is 5.41 Å². The van der Waals surface area contributed by atoms with Crippen LogP contribution >= 0.6 is 0 Å². The summed E-state index contributed by atoms with van der Waals surface area (Å²) in [5.74, 6) is 1.19. The van der Waals surface area contributed by atoms with Crippen molar-refractivity contribution in [1.29, 1.82) is 0 Å². The van der Waals surface area contributed by atoms with Crippen LogP contribution in [-0.2, 0) is 13.0 Å². The molecule has 1 aromatic rings. The van der Waals surface area contributed by atoms with Crippen molar-refractivity contribution in [2.75, 3.05) is 6.54 Å². The number of rotatable bonds is 7. The molecule has 3 rings (SSSR count). The van der Waals surface area contributed by atoms with E-state index in [4.69, 9.17) is 0 Å². The van der Waals surface area contributed by atoms with E-state index in [-0.39, 0.29) is 0 Å². The molecule has 100 valence electrons. The lowest BCUT2D eigenvalue weighted by molar-refractivity contribution is 0.124. The monoisotopic (exact) mass is 248 g/mol. The summed E-state index contributed by atoms with van der Waals surface area (Å²) in [7, 11) is 0. The smallest absolute Gasteiger partial charge is 0.138 e. The molecule has 0 atom stereocenters. The van der Waals surface area contributed by atoms with Gasteiger partial charge in [0, 0.05) is 25.6 Å². The molecule has 0 saturated heterocycles. The first-order valence-electron chi connectivity index (χ1n) is 7.41. The SMILES string of the molecule is CCCn1ncnc1CC1(CNC2CC2)CCC1. The van der Waals surface area contributed by atoms with E-state index in [2.05, 4.69) is 27.0 Å². The van der Waals surface area contributed by atoms with Crippen molar-refractivity contribution in [1.82, 2.24) is 20.1 Å². The summed E-state index contributed by atoms with van der Waals surface area (Å²) in [6.07, 6.45) is 10.8. The first kappa shape index (κ1) is 12.2. The highest BCUT2D eigenvalue weighted by molar-refractivity contribution is 5.00. The van der Waals surface area contributed by atoms with Crippen LogP contribution in [0.3, 0.4) is 0 Å². The Morgan fingerprint density at radius 1 is 1.44 bits per heavy atom. The van der Waals surface area contributed by atoms with Gasteiger partial charge in [0.05, 0.1) is 0 Å². The average Bonchev–Trinajstić information content (AvgIpc) is 3.05. The maximum Gasteiger partial charge on any atom is 0.138 e. The lowest BCUT2D eigenvalue weighted by Crippen LogP contribution is -2.43. The third-order valence-corrected chi connectivity index (χ3v) is 4.42. The third-order valence-electron chi connectivity index (χ3n) is 4.42. The van der Waals surface area contributed by atoms with Gasteiger partial charge in [-0.1, -0.05) is 13.3 Å². The summed E-state index contributed by atoms with van der Waals surface area (Å²) < 4.78 is 2.09. The normalized spacial score (nSPS) is 21.8. The molecule has 18 heavy (non-hydrogen) atoms. The number of hydrogen-bond donors (Lipinski definition) is 1. The molecule has 2 fully saturated rings. The summed E-state index contributed by atoms with van der Waals surface area (Å²) in [6.45, 7) is 4.37. The van der Waals surface area contributed by atoms with Crippen LogP contribution in [0.1, 0.15) is 51.3 Å². The summed E-state index contributed by atoms with van der Waals surface area (Å²) >= 11 is 0. The predicted octanol–water partition coefficient (Wildman–Crippen LogP) is 2.15. The van der Waals surface area contributed by atoms with E-state index in [1.54, 1.807) is 6.33 Å². The molecule has 0 radical (unpaired) electrons. The minimum atomic E-state index is 0.473. The van der Waals surface area contributed by atoms with Crippen LogP contribution in [0.15, 0.2) is 6.33 Å². The second kappa shape index (κ2) is 5.00. The van der Waals surface area contributed by atoms with E-state index in [9.17, 15) is 0 Å². The zero-order valence-corrected chi connectivity index (χ0v) is 11.4. The predicted molar refractivity (Wildman–Crippen MR) is 71.3 cm³/mol. The lowest BCUT2D eigenvalue weighted by Gasteiger charge is -2.42. The molecule has 1 aromatic heterocycles. The van der Waals surface area contributed by atoms with Crippen molar-refractivity contribution >= 4 is 0 Å². The van der Waals surface area contributed by atoms with Crippen LogP contribution in [-0.4, -0.2) is 27.4 Å². The topological polar surface area (TPSA) is 42.7 Å². The van der Waals surface area contributed by atoms with Crippen molar-refractivity contribution in [2.24, 2.45) is 5.41 Å². The summed E-state index contributed by atoms with van der Waals surface area (Å²) in [4.78, 5) is 4.47. The molecule has 0 aliphatic heterocycles. The van der Waals surface area contributed by atoms with Gasteiger partial charge in [0.1, 0.15) is 12.2 Å². The molecule has 0 spiro atoms. The first-order valence-corrected chi connectivity index (χ1v) is 7.41. The molecule has 2 aliphatic carbocycles. The van der Waals surface area contributed by atoms with Crippen LogP contribution in [0.25, 0.3) is 0 Å². The third kappa shape index (κ3) is 2.58. The van der Waals surface area contributed by atoms with Crippen LogP contribution in [0, 0.1) is 5.41 Å². The average molecular weight is 248 g/mol. The van der Waals surface area contributed by atoms with E-state index in [1.165, 1.54) is 44.5 Å². The van der Waals surface area contributed by atoms with Crippen molar-refractivity contribution < 1.29 is 0 Å². The van der Waals surface area contributed by atoms with Crippen LogP contribution in [0.2, 0.25) is 0 Å². The number of nitrogens with zero attached hydrogens (tertiary/aromatic N) is 3. The standard InChI is InChI=1S/C14H24N4/c1-2-8-18-13(16-11-17-18)9-14(6-3-7-14)10-15-12-4-5-12/h11-12,15H,2-10H2,1H3. The molecule has 0 unspecified atom stereocenters.